The standard InChI is InChI=1S/C17H17F3N4O2/c1-10(12-5-7-21-8-6-12)22-16(26)24-15-4-3-13(23-11(2)25)9-14(15)17(18,19)20/h3-10H,1-2H3,(H,23,25)(H2,22,24,26). The quantitative estimate of drug-likeness (QED) is 0.766. The number of alkyl halides is 3. The van der Waals surface area contributed by atoms with E-state index in [9.17, 15) is 22.8 Å². The number of benzene rings is 1. The Morgan fingerprint density at radius 3 is 2.31 bits per heavy atom. The number of carbonyl (C=O) groups is 2. The molecule has 0 saturated carbocycles. The molecule has 0 aliphatic carbocycles. The number of amides is 3. The molecule has 0 aliphatic rings. The van der Waals surface area contributed by atoms with Crippen molar-refractivity contribution in [3.8, 4) is 0 Å². The van der Waals surface area contributed by atoms with Gasteiger partial charge in [0.2, 0.25) is 5.91 Å². The third-order valence-corrected chi connectivity index (χ3v) is 3.45. The van der Waals surface area contributed by atoms with E-state index in [1.54, 1.807) is 31.5 Å². The molecule has 0 spiro atoms. The molecule has 0 bridgehead atoms. The Bertz CT molecular complexity index is 794. The largest absolute Gasteiger partial charge is 0.418 e. The fourth-order valence-electron chi connectivity index (χ4n) is 2.26. The van der Waals surface area contributed by atoms with Gasteiger partial charge in [-0.15, -0.1) is 0 Å². The molecule has 1 aromatic carbocycles. The number of anilines is 2. The number of hydrogen-bond donors (Lipinski definition) is 3. The molecule has 9 heteroatoms. The van der Waals surface area contributed by atoms with Crippen molar-refractivity contribution in [3.05, 3.63) is 53.9 Å². The second-order valence-corrected chi connectivity index (χ2v) is 5.54. The average molecular weight is 366 g/mol. The van der Waals surface area contributed by atoms with Gasteiger partial charge in [-0.3, -0.25) is 9.78 Å². The number of pyridine rings is 1. The number of carbonyl (C=O) groups excluding carboxylic acids is 2. The lowest BCUT2D eigenvalue weighted by atomic mass is 10.1. The average Bonchev–Trinajstić information content (AvgIpc) is 2.55. The molecule has 138 valence electrons. The summed E-state index contributed by atoms with van der Waals surface area (Å²) in [7, 11) is 0. The second kappa shape index (κ2) is 7.85. The van der Waals surface area contributed by atoms with Gasteiger partial charge in [-0.1, -0.05) is 0 Å². The number of halogens is 3. The van der Waals surface area contributed by atoms with Gasteiger partial charge in [-0.2, -0.15) is 13.2 Å². The number of aromatic nitrogens is 1. The summed E-state index contributed by atoms with van der Waals surface area (Å²) in [6.07, 6.45) is -1.60. The molecule has 0 radical (unpaired) electrons. The van der Waals surface area contributed by atoms with Crippen molar-refractivity contribution in [2.45, 2.75) is 26.1 Å². The lowest BCUT2D eigenvalue weighted by molar-refractivity contribution is -0.137. The first-order valence-electron chi connectivity index (χ1n) is 7.63. The van der Waals surface area contributed by atoms with Gasteiger partial charge in [0.15, 0.2) is 0 Å². The van der Waals surface area contributed by atoms with Gasteiger partial charge in [0.1, 0.15) is 0 Å². The highest BCUT2D eigenvalue weighted by Gasteiger charge is 2.34. The maximum absolute atomic E-state index is 13.3. The van der Waals surface area contributed by atoms with Crippen LogP contribution in [0.25, 0.3) is 0 Å². The van der Waals surface area contributed by atoms with Crippen LogP contribution in [0.3, 0.4) is 0 Å². The number of urea groups is 1. The van der Waals surface area contributed by atoms with E-state index in [1.807, 2.05) is 0 Å². The Balaban J connectivity index is 2.17. The van der Waals surface area contributed by atoms with E-state index in [1.165, 1.54) is 13.0 Å². The molecular formula is C17H17F3N4O2. The van der Waals surface area contributed by atoms with E-state index in [0.29, 0.717) is 0 Å². The summed E-state index contributed by atoms with van der Waals surface area (Å²) in [6, 6.07) is 5.30. The lowest BCUT2D eigenvalue weighted by Crippen LogP contribution is -2.32. The second-order valence-electron chi connectivity index (χ2n) is 5.54. The van der Waals surface area contributed by atoms with Crippen LogP contribution >= 0.6 is 0 Å². The van der Waals surface area contributed by atoms with Crippen LogP contribution in [0.2, 0.25) is 0 Å². The minimum atomic E-state index is -4.70. The SMILES string of the molecule is CC(=O)Nc1ccc(NC(=O)NC(C)c2ccncc2)c(C(F)(F)F)c1. The van der Waals surface area contributed by atoms with Crippen LogP contribution in [0.4, 0.5) is 29.3 Å². The highest BCUT2D eigenvalue weighted by atomic mass is 19.4. The van der Waals surface area contributed by atoms with Crippen molar-refractivity contribution in [1.29, 1.82) is 0 Å². The predicted octanol–water partition coefficient (Wildman–Crippen LogP) is 3.94. The Hall–Kier alpha value is -3.10. The van der Waals surface area contributed by atoms with E-state index in [0.717, 1.165) is 17.7 Å². The molecule has 3 N–H and O–H groups in total. The molecule has 1 atom stereocenters. The van der Waals surface area contributed by atoms with E-state index in [4.69, 9.17) is 0 Å². The molecule has 2 rings (SSSR count). The number of rotatable bonds is 4. The first-order valence-corrected chi connectivity index (χ1v) is 7.63. The van der Waals surface area contributed by atoms with Gasteiger partial charge < -0.3 is 16.0 Å². The Labute approximate surface area is 147 Å². The van der Waals surface area contributed by atoms with Crippen LogP contribution in [0.1, 0.15) is 31.0 Å². The predicted molar refractivity (Wildman–Crippen MR) is 90.6 cm³/mol. The van der Waals surface area contributed by atoms with Crippen LogP contribution in [0.15, 0.2) is 42.7 Å². The first-order chi connectivity index (χ1) is 12.2. The van der Waals surface area contributed by atoms with Crippen LogP contribution in [0, 0.1) is 0 Å². The van der Waals surface area contributed by atoms with Gasteiger partial charge in [0, 0.05) is 25.0 Å². The maximum Gasteiger partial charge on any atom is 0.418 e. The lowest BCUT2D eigenvalue weighted by Gasteiger charge is -2.18. The monoisotopic (exact) mass is 366 g/mol. The molecule has 1 aromatic heterocycles. The molecule has 0 fully saturated rings. The van der Waals surface area contributed by atoms with Gasteiger partial charge in [-0.05, 0) is 42.8 Å². The normalized spacial score (nSPS) is 12.2. The zero-order valence-corrected chi connectivity index (χ0v) is 14.0. The van der Waals surface area contributed by atoms with Crippen molar-refractivity contribution < 1.29 is 22.8 Å². The summed E-state index contributed by atoms with van der Waals surface area (Å²) < 4.78 is 39.8. The van der Waals surface area contributed by atoms with E-state index >= 15 is 0 Å². The highest BCUT2D eigenvalue weighted by molar-refractivity contribution is 5.92. The van der Waals surface area contributed by atoms with Gasteiger partial charge >= 0.3 is 12.2 Å². The fourth-order valence-corrected chi connectivity index (χ4v) is 2.26. The molecule has 0 aliphatic heterocycles. The van der Waals surface area contributed by atoms with Crippen LogP contribution in [0.5, 0.6) is 0 Å². The van der Waals surface area contributed by atoms with Crippen molar-refractivity contribution in [3.63, 3.8) is 0 Å². The van der Waals surface area contributed by atoms with E-state index < -0.39 is 35.4 Å². The molecule has 0 saturated heterocycles. The first kappa shape index (κ1) is 19.2. The van der Waals surface area contributed by atoms with Crippen molar-refractivity contribution in [2.75, 3.05) is 10.6 Å². The summed E-state index contributed by atoms with van der Waals surface area (Å²) in [6.45, 7) is 2.88. The number of hydrogen-bond acceptors (Lipinski definition) is 3. The third kappa shape index (κ3) is 5.20. The van der Waals surface area contributed by atoms with E-state index in [2.05, 4.69) is 20.9 Å². The Kier molecular flexibility index (Phi) is 5.81. The van der Waals surface area contributed by atoms with Crippen LogP contribution in [-0.4, -0.2) is 16.9 Å². The summed E-state index contributed by atoms with van der Waals surface area (Å²) in [5, 5.41) is 7.03. The highest BCUT2D eigenvalue weighted by Crippen LogP contribution is 2.36. The van der Waals surface area contributed by atoms with Crippen LogP contribution < -0.4 is 16.0 Å². The summed E-state index contributed by atoms with van der Waals surface area (Å²) in [5.74, 6) is -0.497. The molecule has 1 unspecified atom stereocenters. The molecule has 3 amide bonds. The summed E-state index contributed by atoms with van der Waals surface area (Å²) >= 11 is 0. The third-order valence-electron chi connectivity index (χ3n) is 3.45. The van der Waals surface area contributed by atoms with E-state index in [-0.39, 0.29) is 5.69 Å². The minimum Gasteiger partial charge on any atom is -0.331 e. The van der Waals surface area contributed by atoms with Crippen LogP contribution in [-0.2, 0) is 11.0 Å². The summed E-state index contributed by atoms with van der Waals surface area (Å²) in [5.41, 5.74) is -0.727. The Morgan fingerprint density at radius 1 is 1.08 bits per heavy atom. The maximum atomic E-state index is 13.3. The van der Waals surface area contributed by atoms with Gasteiger partial charge in [0.05, 0.1) is 17.3 Å². The Morgan fingerprint density at radius 2 is 1.73 bits per heavy atom. The van der Waals surface area contributed by atoms with Crippen molar-refractivity contribution in [2.24, 2.45) is 0 Å². The molecule has 26 heavy (non-hydrogen) atoms. The number of nitrogens with one attached hydrogen (secondary N) is 3. The topological polar surface area (TPSA) is 83.1 Å². The zero-order valence-electron chi connectivity index (χ0n) is 14.0. The van der Waals surface area contributed by atoms with Gasteiger partial charge in [0.25, 0.3) is 0 Å². The smallest absolute Gasteiger partial charge is 0.331 e. The molecule has 2 aromatic rings. The zero-order chi connectivity index (χ0) is 19.3. The van der Waals surface area contributed by atoms with Crippen molar-refractivity contribution >= 4 is 23.3 Å². The molecule has 6 nitrogen and oxygen atoms in total. The minimum absolute atomic E-state index is 0.0130. The molecule has 1 heterocycles. The number of nitrogens with zero attached hydrogens (tertiary/aromatic N) is 1. The summed E-state index contributed by atoms with van der Waals surface area (Å²) in [4.78, 5) is 26.9. The van der Waals surface area contributed by atoms with Gasteiger partial charge in [-0.25, -0.2) is 4.79 Å². The fraction of sp³-hybridized carbons (Fsp3) is 0.235. The van der Waals surface area contributed by atoms with Crippen molar-refractivity contribution in [1.82, 2.24) is 10.3 Å². The molecular weight excluding hydrogens is 349 g/mol.